The van der Waals surface area contributed by atoms with Gasteiger partial charge in [-0.15, -0.1) is 11.3 Å². The summed E-state index contributed by atoms with van der Waals surface area (Å²) in [5, 5.41) is 3.24. The highest BCUT2D eigenvalue weighted by Gasteiger charge is 2.09. The fourth-order valence-corrected chi connectivity index (χ4v) is 2.36. The van der Waals surface area contributed by atoms with E-state index in [4.69, 9.17) is 0 Å². The van der Waals surface area contributed by atoms with Crippen LogP contribution in [0.3, 0.4) is 0 Å². The lowest BCUT2D eigenvalue weighted by Crippen LogP contribution is -2.09. The number of aromatic amines is 1. The second-order valence-corrected chi connectivity index (χ2v) is 4.51. The summed E-state index contributed by atoms with van der Waals surface area (Å²) >= 11 is 1.70. The lowest BCUT2D eigenvalue weighted by Gasteiger charge is -2.12. The van der Waals surface area contributed by atoms with Crippen LogP contribution in [0.1, 0.15) is 0 Å². The summed E-state index contributed by atoms with van der Waals surface area (Å²) in [6.45, 7) is 0. The first kappa shape index (κ1) is 9.42. The Morgan fingerprint density at radius 3 is 2.81 bits per heavy atom. The van der Waals surface area contributed by atoms with Crippen molar-refractivity contribution in [2.75, 3.05) is 11.9 Å². The van der Waals surface area contributed by atoms with E-state index in [1.165, 1.54) is 5.00 Å². The topological polar surface area (TPSA) is 31.9 Å². The van der Waals surface area contributed by atoms with Crippen molar-refractivity contribution < 1.29 is 0 Å². The van der Waals surface area contributed by atoms with E-state index in [0.29, 0.717) is 0 Å². The Labute approximate surface area is 97.4 Å². The van der Waals surface area contributed by atoms with Crippen LogP contribution in [-0.4, -0.2) is 17.0 Å². The Morgan fingerprint density at radius 2 is 2.06 bits per heavy atom. The van der Waals surface area contributed by atoms with Crippen LogP contribution in [0.15, 0.2) is 41.8 Å². The van der Waals surface area contributed by atoms with Gasteiger partial charge in [0.05, 0.1) is 16.0 Å². The van der Waals surface area contributed by atoms with Crippen molar-refractivity contribution in [3.63, 3.8) is 0 Å². The van der Waals surface area contributed by atoms with Crippen molar-refractivity contribution in [1.82, 2.24) is 9.97 Å². The number of aromatic nitrogens is 2. The molecular weight excluding hydrogens is 218 g/mol. The van der Waals surface area contributed by atoms with E-state index in [0.717, 1.165) is 17.0 Å². The van der Waals surface area contributed by atoms with Crippen molar-refractivity contribution in [1.29, 1.82) is 0 Å². The monoisotopic (exact) mass is 229 g/mol. The molecule has 1 N–H and O–H groups in total. The number of nitrogens with one attached hydrogen (secondary N) is 1. The highest BCUT2D eigenvalue weighted by atomic mass is 32.1. The van der Waals surface area contributed by atoms with Gasteiger partial charge in [0.25, 0.3) is 0 Å². The van der Waals surface area contributed by atoms with Crippen molar-refractivity contribution in [3.8, 4) is 0 Å². The molecule has 0 atom stereocenters. The third-order valence-electron chi connectivity index (χ3n) is 2.53. The minimum atomic E-state index is 0.878. The molecule has 0 aliphatic rings. The summed E-state index contributed by atoms with van der Waals surface area (Å²) in [5.41, 5.74) is 2.07. The molecule has 3 rings (SSSR count). The quantitative estimate of drug-likeness (QED) is 0.730. The fraction of sp³-hybridized carbons (Fsp3) is 0.0833. The molecule has 0 spiro atoms. The molecule has 0 radical (unpaired) electrons. The van der Waals surface area contributed by atoms with Crippen LogP contribution < -0.4 is 4.90 Å². The van der Waals surface area contributed by atoms with Crippen LogP contribution in [0.4, 0.5) is 10.9 Å². The molecule has 4 heteroatoms. The third-order valence-corrected chi connectivity index (χ3v) is 3.48. The zero-order valence-corrected chi connectivity index (χ0v) is 9.66. The van der Waals surface area contributed by atoms with Gasteiger partial charge in [0, 0.05) is 7.05 Å². The lowest BCUT2D eigenvalue weighted by atomic mass is 10.3. The molecular formula is C12H11N3S. The molecule has 0 saturated carbocycles. The molecule has 2 heterocycles. The predicted octanol–water partition coefficient (Wildman–Crippen LogP) is 3.39. The SMILES string of the molecule is CN(c1nc2ccccc2[nH]1)c1cccs1. The third kappa shape index (κ3) is 1.47. The van der Waals surface area contributed by atoms with E-state index < -0.39 is 0 Å². The fourth-order valence-electron chi connectivity index (χ4n) is 1.66. The average Bonchev–Trinajstić information content (AvgIpc) is 2.97. The Bertz CT molecular complexity index is 565. The summed E-state index contributed by atoms with van der Waals surface area (Å²) in [4.78, 5) is 9.91. The van der Waals surface area contributed by atoms with Gasteiger partial charge >= 0.3 is 0 Å². The van der Waals surface area contributed by atoms with E-state index in [-0.39, 0.29) is 0 Å². The number of anilines is 2. The number of imidazole rings is 1. The molecule has 2 aromatic heterocycles. The summed E-state index contributed by atoms with van der Waals surface area (Å²) < 4.78 is 0. The molecule has 0 aliphatic heterocycles. The van der Waals surface area contributed by atoms with Crippen LogP contribution in [0.5, 0.6) is 0 Å². The van der Waals surface area contributed by atoms with E-state index in [1.807, 2.05) is 37.4 Å². The molecule has 0 saturated heterocycles. The van der Waals surface area contributed by atoms with Crippen LogP contribution in [-0.2, 0) is 0 Å². The molecule has 3 nitrogen and oxygen atoms in total. The minimum absolute atomic E-state index is 0.878. The zero-order chi connectivity index (χ0) is 11.0. The molecule has 80 valence electrons. The first-order valence-corrected chi connectivity index (χ1v) is 5.94. The Balaban J connectivity index is 2.06. The Hall–Kier alpha value is -1.81. The maximum absolute atomic E-state index is 4.55. The number of thiophene rings is 1. The Kier molecular flexibility index (Phi) is 2.15. The number of fused-ring (bicyclic) bond motifs is 1. The van der Waals surface area contributed by atoms with Gasteiger partial charge in [-0.3, -0.25) is 0 Å². The van der Waals surface area contributed by atoms with Crippen LogP contribution in [0.2, 0.25) is 0 Å². The highest BCUT2D eigenvalue weighted by molar-refractivity contribution is 7.14. The Morgan fingerprint density at radius 1 is 1.19 bits per heavy atom. The summed E-state index contributed by atoms with van der Waals surface area (Å²) in [7, 11) is 2.02. The van der Waals surface area contributed by atoms with Crippen molar-refractivity contribution >= 4 is 33.3 Å². The zero-order valence-electron chi connectivity index (χ0n) is 8.84. The largest absolute Gasteiger partial charge is 0.324 e. The van der Waals surface area contributed by atoms with Gasteiger partial charge in [0.2, 0.25) is 5.95 Å². The first-order valence-electron chi connectivity index (χ1n) is 5.06. The number of para-hydroxylation sites is 2. The first-order chi connectivity index (χ1) is 7.84. The van der Waals surface area contributed by atoms with Gasteiger partial charge in [-0.05, 0) is 29.6 Å². The molecule has 0 unspecified atom stereocenters. The molecule has 3 aromatic rings. The van der Waals surface area contributed by atoms with E-state index in [2.05, 4.69) is 26.3 Å². The van der Waals surface area contributed by atoms with Gasteiger partial charge in [0.1, 0.15) is 0 Å². The van der Waals surface area contributed by atoms with Gasteiger partial charge in [0.15, 0.2) is 0 Å². The number of hydrogen-bond donors (Lipinski definition) is 1. The predicted molar refractivity (Wildman–Crippen MR) is 68.5 cm³/mol. The van der Waals surface area contributed by atoms with Crippen LogP contribution in [0, 0.1) is 0 Å². The second kappa shape index (κ2) is 3.64. The van der Waals surface area contributed by atoms with Crippen molar-refractivity contribution in [3.05, 3.63) is 41.8 Å². The standard InChI is InChI=1S/C12H11N3S/c1-15(11-7-4-8-16-11)12-13-9-5-2-3-6-10(9)14-12/h2-8H,1H3,(H,13,14). The summed E-state index contributed by atoms with van der Waals surface area (Å²) in [6, 6.07) is 12.2. The molecule has 1 aromatic carbocycles. The number of nitrogens with zero attached hydrogens (tertiary/aromatic N) is 2. The minimum Gasteiger partial charge on any atom is -0.324 e. The summed E-state index contributed by atoms with van der Waals surface area (Å²) in [6.07, 6.45) is 0. The maximum Gasteiger partial charge on any atom is 0.208 e. The van der Waals surface area contributed by atoms with Gasteiger partial charge in [-0.25, -0.2) is 4.98 Å². The van der Waals surface area contributed by atoms with E-state index in [1.54, 1.807) is 11.3 Å². The molecule has 0 aliphatic carbocycles. The lowest BCUT2D eigenvalue weighted by molar-refractivity contribution is 1.12. The number of rotatable bonds is 2. The van der Waals surface area contributed by atoms with Crippen molar-refractivity contribution in [2.24, 2.45) is 0 Å². The van der Waals surface area contributed by atoms with Gasteiger partial charge in [-0.2, -0.15) is 0 Å². The highest BCUT2D eigenvalue weighted by Crippen LogP contribution is 2.27. The molecule has 16 heavy (non-hydrogen) atoms. The van der Waals surface area contributed by atoms with E-state index in [9.17, 15) is 0 Å². The van der Waals surface area contributed by atoms with Gasteiger partial charge < -0.3 is 9.88 Å². The van der Waals surface area contributed by atoms with Crippen LogP contribution >= 0.6 is 11.3 Å². The van der Waals surface area contributed by atoms with Gasteiger partial charge in [-0.1, -0.05) is 12.1 Å². The summed E-state index contributed by atoms with van der Waals surface area (Å²) in [5.74, 6) is 0.878. The average molecular weight is 229 g/mol. The molecule has 0 bridgehead atoms. The number of hydrogen-bond acceptors (Lipinski definition) is 3. The molecule has 0 amide bonds. The number of benzene rings is 1. The number of H-pyrrole nitrogens is 1. The van der Waals surface area contributed by atoms with E-state index >= 15 is 0 Å². The maximum atomic E-state index is 4.55. The van der Waals surface area contributed by atoms with Crippen LogP contribution in [0.25, 0.3) is 11.0 Å². The second-order valence-electron chi connectivity index (χ2n) is 3.59. The normalized spacial score (nSPS) is 10.8. The van der Waals surface area contributed by atoms with Crippen molar-refractivity contribution in [2.45, 2.75) is 0 Å². The smallest absolute Gasteiger partial charge is 0.208 e. The molecule has 0 fully saturated rings.